The largest absolute Gasteiger partial charge is 0.441 e. The number of nitrogens with zero attached hydrogens (tertiary/aromatic N) is 1. The second kappa shape index (κ2) is 3.34. The van der Waals surface area contributed by atoms with E-state index in [1.165, 1.54) is 0 Å². The molecular weight excluding hydrogens is 207 g/mol. The zero-order valence-corrected chi connectivity index (χ0v) is 7.53. The van der Waals surface area contributed by atoms with Crippen molar-refractivity contribution in [3.63, 3.8) is 0 Å². The lowest BCUT2D eigenvalue weighted by Gasteiger charge is -2.11. The molecule has 80 valence electrons. The van der Waals surface area contributed by atoms with Crippen LogP contribution >= 0.6 is 0 Å². The second-order valence-electron chi connectivity index (χ2n) is 3.13. The van der Waals surface area contributed by atoms with Gasteiger partial charge in [0.2, 0.25) is 5.82 Å². The fraction of sp³-hybridized carbons (Fsp3) is 0.375. The summed E-state index contributed by atoms with van der Waals surface area (Å²) in [6.45, 7) is 0. The van der Waals surface area contributed by atoms with Crippen molar-refractivity contribution in [2.45, 2.75) is 19.1 Å². The summed E-state index contributed by atoms with van der Waals surface area (Å²) >= 11 is 0. The van der Waals surface area contributed by atoms with Crippen LogP contribution in [-0.4, -0.2) is 15.5 Å². The number of nitrogens with one attached hydrogen (secondary N) is 1. The van der Waals surface area contributed by atoms with Crippen LogP contribution in [0, 0.1) is 5.82 Å². The van der Waals surface area contributed by atoms with Crippen LogP contribution in [0.3, 0.4) is 0 Å². The normalized spacial score (nSPS) is 20.3. The molecule has 1 aromatic heterocycles. The second-order valence-corrected chi connectivity index (χ2v) is 3.13. The van der Waals surface area contributed by atoms with Crippen LogP contribution < -0.4 is 11.2 Å². The number of aromatic amines is 1. The first kappa shape index (κ1) is 9.63. The summed E-state index contributed by atoms with van der Waals surface area (Å²) in [6.07, 6.45) is 0.392. The minimum absolute atomic E-state index is 0.178. The van der Waals surface area contributed by atoms with E-state index >= 15 is 0 Å². The zero-order chi connectivity index (χ0) is 11.0. The molecule has 0 radical (unpaired) electrons. The van der Waals surface area contributed by atoms with Crippen molar-refractivity contribution in [2.75, 3.05) is 0 Å². The van der Waals surface area contributed by atoms with E-state index in [9.17, 15) is 18.8 Å². The number of ether oxygens (including phenoxy) is 1. The molecule has 1 aromatic rings. The molecule has 0 amide bonds. The minimum atomic E-state index is -1.09. The lowest BCUT2D eigenvalue weighted by atomic mass is 10.3. The molecule has 6 nitrogen and oxygen atoms in total. The molecule has 1 N–H and O–H groups in total. The van der Waals surface area contributed by atoms with Gasteiger partial charge in [-0.3, -0.25) is 19.1 Å². The third-order valence-corrected chi connectivity index (χ3v) is 2.10. The van der Waals surface area contributed by atoms with Gasteiger partial charge in [-0.25, -0.2) is 4.79 Å². The average Bonchev–Trinajstić information content (AvgIpc) is 2.58. The molecule has 2 heterocycles. The predicted molar refractivity (Wildman–Crippen MR) is 45.6 cm³/mol. The van der Waals surface area contributed by atoms with Crippen LogP contribution in [0.5, 0.6) is 0 Å². The lowest BCUT2D eigenvalue weighted by molar-refractivity contribution is -0.144. The first-order chi connectivity index (χ1) is 7.08. The highest BCUT2D eigenvalue weighted by Crippen LogP contribution is 2.21. The van der Waals surface area contributed by atoms with Gasteiger partial charge >= 0.3 is 11.7 Å². The molecule has 0 spiro atoms. The van der Waals surface area contributed by atoms with Crippen molar-refractivity contribution in [3.05, 3.63) is 32.9 Å². The highest BCUT2D eigenvalue weighted by atomic mass is 19.1. The van der Waals surface area contributed by atoms with Crippen molar-refractivity contribution in [1.29, 1.82) is 0 Å². The van der Waals surface area contributed by atoms with Crippen LogP contribution in [0.4, 0.5) is 4.39 Å². The highest BCUT2D eigenvalue weighted by molar-refractivity contribution is 5.71. The molecule has 1 aliphatic rings. The van der Waals surface area contributed by atoms with Gasteiger partial charge in [0.1, 0.15) is 0 Å². The van der Waals surface area contributed by atoms with Gasteiger partial charge in [-0.2, -0.15) is 4.39 Å². The van der Waals surface area contributed by atoms with E-state index in [1.54, 1.807) is 4.98 Å². The summed E-state index contributed by atoms with van der Waals surface area (Å²) in [6, 6.07) is 0. The van der Waals surface area contributed by atoms with Crippen molar-refractivity contribution < 1.29 is 13.9 Å². The number of carbonyl (C=O) groups is 1. The monoisotopic (exact) mass is 214 g/mol. The first-order valence-corrected chi connectivity index (χ1v) is 4.28. The van der Waals surface area contributed by atoms with E-state index in [-0.39, 0.29) is 6.42 Å². The standard InChI is InChI=1S/C8H7FN2O4/c9-4-3-11(8(14)10-7(4)13)5-1-2-6(12)15-5/h3,5H,1-2H2,(H,10,13,14). The smallest absolute Gasteiger partial charge is 0.331 e. The number of aromatic nitrogens is 2. The fourth-order valence-corrected chi connectivity index (χ4v) is 1.38. The molecular formula is C8H7FN2O4. The van der Waals surface area contributed by atoms with Gasteiger partial charge in [0, 0.05) is 6.42 Å². The lowest BCUT2D eigenvalue weighted by Crippen LogP contribution is -2.33. The van der Waals surface area contributed by atoms with Crippen LogP contribution in [-0.2, 0) is 9.53 Å². The summed E-state index contributed by atoms with van der Waals surface area (Å²) in [5.41, 5.74) is -1.87. The molecule has 2 rings (SSSR count). The van der Waals surface area contributed by atoms with E-state index in [4.69, 9.17) is 4.74 Å². The fourth-order valence-electron chi connectivity index (χ4n) is 1.38. The molecule has 7 heteroatoms. The Kier molecular flexibility index (Phi) is 2.14. The Labute approximate surface area is 82.3 Å². The van der Waals surface area contributed by atoms with Crippen LogP contribution in [0.1, 0.15) is 19.1 Å². The van der Waals surface area contributed by atoms with Gasteiger partial charge in [0.15, 0.2) is 6.23 Å². The summed E-state index contributed by atoms with van der Waals surface area (Å²) in [5, 5.41) is 0. The van der Waals surface area contributed by atoms with E-state index in [0.717, 1.165) is 10.8 Å². The van der Waals surface area contributed by atoms with Gasteiger partial charge in [0.05, 0.1) is 12.6 Å². The molecule has 0 aromatic carbocycles. The number of rotatable bonds is 1. The minimum Gasteiger partial charge on any atom is -0.441 e. The molecule has 0 aliphatic carbocycles. The van der Waals surface area contributed by atoms with E-state index in [0.29, 0.717) is 6.42 Å². The van der Waals surface area contributed by atoms with E-state index < -0.39 is 29.3 Å². The summed E-state index contributed by atoms with van der Waals surface area (Å²) < 4.78 is 18.5. The number of halogens is 1. The Bertz CT molecular complexity index is 518. The van der Waals surface area contributed by atoms with Gasteiger partial charge in [-0.15, -0.1) is 0 Å². The van der Waals surface area contributed by atoms with Gasteiger partial charge in [0.25, 0.3) is 5.56 Å². The Morgan fingerprint density at radius 1 is 1.47 bits per heavy atom. The van der Waals surface area contributed by atoms with Crippen molar-refractivity contribution in [3.8, 4) is 0 Å². The molecule has 1 aliphatic heterocycles. The van der Waals surface area contributed by atoms with Gasteiger partial charge < -0.3 is 4.74 Å². The number of esters is 1. The topological polar surface area (TPSA) is 81.2 Å². The molecule has 0 saturated carbocycles. The summed E-state index contributed by atoms with van der Waals surface area (Å²) in [4.78, 5) is 34.5. The number of carbonyl (C=O) groups excluding carboxylic acids is 1. The molecule has 1 saturated heterocycles. The van der Waals surface area contributed by atoms with Crippen LogP contribution in [0.15, 0.2) is 15.8 Å². The molecule has 0 bridgehead atoms. The summed E-state index contributed by atoms with van der Waals surface area (Å²) in [7, 11) is 0. The Morgan fingerprint density at radius 3 is 2.80 bits per heavy atom. The zero-order valence-electron chi connectivity index (χ0n) is 7.53. The number of H-pyrrole nitrogens is 1. The quantitative estimate of drug-likeness (QED) is 0.639. The van der Waals surface area contributed by atoms with Gasteiger partial charge in [-0.1, -0.05) is 0 Å². The number of hydrogen-bond donors (Lipinski definition) is 1. The molecule has 15 heavy (non-hydrogen) atoms. The molecule has 1 atom stereocenters. The number of cyclic esters (lactones) is 1. The molecule has 1 unspecified atom stereocenters. The van der Waals surface area contributed by atoms with Crippen molar-refractivity contribution >= 4 is 5.97 Å². The maximum absolute atomic E-state index is 12.9. The number of hydrogen-bond acceptors (Lipinski definition) is 4. The first-order valence-electron chi connectivity index (χ1n) is 4.28. The van der Waals surface area contributed by atoms with E-state index in [2.05, 4.69) is 0 Å². The van der Waals surface area contributed by atoms with Crippen molar-refractivity contribution in [1.82, 2.24) is 9.55 Å². The molecule has 1 fully saturated rings. The maximum atomic E-state index is 12.9. The Balaban J connectivity index is 2.45. The predicted octanol–water partition coefficient (Wildman–Crippen LogP) is -0.489. The van der Waals surface area contributed by atoms with Gasteiger partial charge in [-0.05, 0) is 0 Å². The highest BCUT2D eigenvalue weighted by Gasteiger charge is 2.26. The third-order valence-electron chi connectivity index (χ3n) is 2.10. The summed E-state index contributed by atoms with van der Waals surface area (Å²) in [5.74, 6) is -1.53. The SMILES string of the molecule is O=C1CCC(n2cc(F)c(=O)[nH]c2=O)O1. The van der Waals surface area contributed by atoms with E-state index in [1.807, 2.05) is 0 Å². The van der Waals surface area contributed by atoms with Crippen molar-refractivity contribution in [2.24, 2.45) is 0 Å². The van der Waals surface area contributed by atoms with Crippen LogP contribution in [0.25, 0.3) is 0 Å². The average molecular weight is 214 g/mol. The maximum Gasteiger partial charge on any atom is 0.331 e. The Morgan fingerprint density at radius 2 is 2.20 bits per heavy atom. The third kappa shape index (κ3) is 1.67. The van der Waals surface area contributed by atoms with Crippen LogP contribution in [0.2, 0.25) is 0 Å². The Hall–Kier alpha value is -1.92.